The van der Waals surface area contributed by atoms with Gasteiger partial charge in [0, 0.05) is 17.0 Å². The molecule has 2 heterocycles. The minimum absolute atomic E-state index is 0.291. The molecule has 114 valence electrons. The molecule has 0 amide bonds. The molecule has 0 fully saturated rings. The molecule has 3 rings (SSSR count). The highest BCUT2D eigenvalue weighted by Gasteiger charge is 2.11. The number of rotatable bonds is 4. The van der Waals surface area contributed by atoms with E-state index in [1.165, 1.54) is 11.3 Å². The van der Waals surface area contributed by atoms with Gasteiger partial charge in [-0.15, -0.1) is 10.2 Å². The van der Waals surface area contributed by atoms with Crippen LogP contribution < -0.4 is 10.4 Å². The minimum Gasteiger partial charge on any atom is -0.486 e. The maximum Gasteiger partial charge on any atom is 0.339 e. The fraction of sp³-hybridized carbons (Fsp3) is 0.312. The van der Waals surface area contributed by atoms with Crippen LogP contribution in [0, 0.1) is 13.8 Å². The third-order valence-electron chi connectivity index (χ3n) is 3.52. The van der Waals surface area contributed by atoms with Crippen LogP contribution in [0.4, 0.5) is 0 Å². The molecule has 2 aromatic heterocycles. The molecule has 0 spiro atoms. The zero-order valence-corrected chi connectivity index (χ0v) is 13.5. The summed E-state index contributed by atoms with van der Waals surface area (Å²) < 4.78 is 11.1. The second-order valence-electron chi connectivity index (χ2n) is 5.01. The third-order valence-corrected chi connectivity index (χ3v) is 4.34. The lowest BCUT2D eigenvalue weighted by atomic mass is 10.0. The summed E-state index contributed by atoms with van der Waals surface area (Å²) in [6.07, 6.45) is 0.790. The molecule has 0 aliphatic carbocycles. The molecule has 0 aliphatic heterocycles. The zero-order chi connectivity index (χ0) is 15.7. The minimum atomic E-state index is -0.291. The molecule has 0 aliphatic rings. The molecule has 0 atom stereocenters. The fourth-order valence-electron chi connectivity index (χ4n) is 2.42. The van der Waals surface area contributed by atoms with Crippen LogP contribution in [-0.4, -0.2) is 10.2 Å². The van der Waals surface area contributed by atoms with Crippen LogP contribution in [0.15, 0.2) is 27.4 Å². The van der Waals surface area contributed by atoms with Crippen LogP contribution in [0.25, 0.3) is 11.0 Å². The van der Waals surface area contributed by atoms with Crippen LogP contribution in [0.3, 0.4) is 0 Å². The largest absolute Gasteiger partial charge is 0.486 e. The maximum absolute atomic E-state index is 11.9. The van der Waals surface area contributed by atoms with E-state index in [4.69, 9.17) is 9.15 Å². The van der Waals surface area contributed by atoms with E-state index in [2.05, 4.69) is 10.2 Å². The van der Waals surface area contributed by atoms with E-state index in [0.29, 0.717) is 23.5 Å². The van der Waals surface area contributed by atoms with Crippen molar-refractivity contribution in [1.29, 1.82) is 0 Å². The zero-order valence-electron chi connectivity index (χ0n) is 12.7. The SMILES string of the molecule is CCc1c(C)c(=O)oc2cc(OCc3nnc(C)s3)ccc12. The van der Waals surface area contributed by atoms with E-state index in [-0.39, 0.29) is 5.63 Å². The van der Waals surface area contributed by atoms with Crippen molar-refractivity contribution in [3.05, 3.63) is 49.8 Å². The Bertz CT molecular complexity index is 883. The summed E-state index contributed by atoms with van der Waals surface area (Å²) in [5, 5.41) is 10.7. The number of benzene rings is 1. The van der Waals surface area contributed by atoms with Gasteiger partial charge in [0.15, 0.2) is 5.01 Å². The summed E-state index contributed by atoms with van der Waals surface area (Å²) in [6.45, 7) is 6.09. The molecular weight excluding hydrogens is 300 g/mol. The highest BCUT2D eigenvalue weighted by atomic mass is 32.1. The van der Waals surface area contributed by atoms with Gasteiger partial charge < -0.3 is 9.15 Å². The molecule has 0 N–H and O–H groups in total. The molecule has 5 nitrogen and oxygen atoms in total. The monoisotopic (exact) mass is 316 g/mol. The molecule has 0 saturated carbocycles. The summed E-state index contributed by atoms with van der Waals surface area (Å²) in [4.78, 5) is 11.9. The Hall–Kier alpha value is -2.21. The van der Waals surface area contributed by atoms with Crippen molar-refractivity contribution in [2.45, 2.75) is 33.8 Å². The van der Waals surface area contributed by atoms with Crippen molar-refractivity contribution < 1.29 is 9.15 Å². The van der Waals surface area contributed by atoms with Crippen molar-refractivity contribution >= 4 is 22.3 Å². The number of hydrogen-bond donors (Lipinski definition) is 0. The Labute approximate surface area is 131 Å². The Morgan fingerprint density at radius 2 is 2.09 bits per heavy atom. The fourth-order valence-corrected chi connectivity index (χ4v) is 3.05. The second-order valence-corrected chi connectivity index (χ2v) is 6.27. The van der Waals surface area contributed by atoms with Crippen molar-refractivity contribution in [2.75, 3.05) is 0 Å². The van der Waals surface area contributed by atoms with Gasteiger partial charge in [0.05, 0.1) is 0 Å². The maximum atomic E-state index is 11.9. The smallest absolute Gasteiger partial charge is 0.339 e. The van der Waals surface area contributed by atoms with Gasteiger partial charge in [-0.05, 0) is 38.0 Å². The van der Waals surface area contributed by atoms with Crippen LogP contribution >= 0.6 is 11.3 Å². The van der Waals surface area contributed by atoms with E-state index in [0.717, 1.165) is 27.4 Å². The number of nitrogens with zero attached hydrogens (tertiary/aromatic N) is 2. The summed E-state index contributed by atoms with van der Waals surface area (Å²) >= 11 is 1.50. The van der Waals surface area contributed by atoms with E-state index in [9.17, 15) is 4.79 Å². The quantitative estimate of drug-likeness (QED) is 0.690. The topological polar surface area (TPSA) is 65.2 Å². The van der Waals surface area contributed by atoms with E-state index in [1.807, 2.05) is 26.0 Å². The van der Waals surface area contributed by atoms with Gasteiger partial charge in [0.25, 0.3) is 0 Å². The third kappa shape index (κ3) is 2.74. The number of ether oxygens (including phenoxy) is 1. The highest BCUT2D eigenvalue weighted by molar-refractivity contribution is 7.11. The van der Waals surface area contributed by atoms with Gasteiger partial charge in [0.1, 0.15) is 22.9 Å². The Morgan fingerprint density at radius 3 is 2.77 bits per heavy atom. The van der Waals surface area contributed by atoms with E-state index < -0.39 is 0 Å². The van der Waals surface area contributed by atoms with Crippen LogP contribution in [0.5, 0.6) is 5.75 Å². The number of hydrogen-bond acceptors (Lipinski definition) is 6. The number of fused-ring (bicyclic) bond motifs is 1. The molecule has 1 aromatic carbocycles. The van der Waals surface area contributed by atoms with E-state index >= 15 is 0 Å². The molecule has 3 aromatic rings. The lowest BCUT2D eigenvalue weighted by Crippen LogP contribution is -2.07. The molecular formula is C16H16N2O3S. The van der Waals surface area contributed by atoms with Gasteiger partial charge in [-0.2, -0.15) is 0 Å². The van der Waals surface area contributed by atoms with Gasteiger partial charge in [-0.1, -0.05) is 18.3 Å². The van der Waals surface area contributed by atoms with Gasteiger partial charge in [-0.25, -0.2) is 4.79 Å². The average Bonchev–Trinajstić information content (AvgIpc) is 2.92. The summed E-state index contributed by atoms with van der Waals surface area (Å²) in [5.74, 6) is 0.648. The first-order valence-corrected chi connectivity index (χ1v) is 7.88. The first-order chi connectivity index (χ1) is 10.6. The first-order valence-electron chi connectivity index (χ1n) is 7.06. The molecule has 0 bridgehead atoms. The molecule has 0 unspecified atom stereocenters. The van der Waals surface area contributed by atoms with Gasteiger partial charge >= 0.3 is 5.63 Å². The Kier molecular flexibility index (Phi) is 3.94. The molecule has 0 radical (unpaired) electrons. The van der Waals surface area contributed by atoms with Crippen LogP contribution in [0.1, 0.15) is 28.1 Å². The Morgan fingerprint density at radius 1 is 1.27 bits per heavy atom. The lowest BCUT2D eigenvalue weighted by Gasteiger charge is -2.09. The standard InChI is InChI=1S/C16H16N2O3S/c1-4-12-9(2)16(19)21-14-7-11(5-6-13(12)14)20-8-15-18-17-10(3)22-15/h5-7H,4,8H2,1-3H3. The van der Waals surface area contributed by atoms with E-state index in [1.54, 1.807) is 13.0 Å². The van der Waals surface area contributed by atoms with Gasteiger partial charge in [0.2, 0.25) is 0 Å². The first kappa shape index (κ1) is 14.7. The molecule has 0 saturated heterocycles. The van der Waals surface area contributed by atoms with Crippen molar-refractivity contribution in [2.24, 2.45) is 0 Å². The summed E-state index contributed by atoms with van der Waals surface area (Å²) in [6, 6.07) is 5.57. The summed E-state index contributed by atoms with van der Waals surface area (Å²) in [5.41, 5.74) is 1.96. The van der Waals surface area contributed by atoms with Crippen molar-refractivity contribution in [3.63, 3.8) is 0 Å². The second kappa shape index (κ2) is 5.88. The normalized spacial score (nSPS) is 11.0. The number of aromatic nitrogens is 2. The van der Waals surface area contributed by atoms with Gasteiger partial charge in [-0.3, -0.25) is 0 Å². The molecule has 6 heteroatoms. The highest BCUT2D eigenvalue weighted by Crippen LogP contribution is 2.25. The average molecular weight is 316 g/mol. The van der Waals surface area contributed by atoms with Crippen LogP contribution in [-0.2, 0) is 13.0 Å². The predicted molar refractivity (Wildman–Crippen MR) is 85.6 cm³/mol. The lowest BCUT2D eigenvalue weighted by molar-refractivity contribution is 0.304. The summed E-state index contributed by atoms with van der Waals surface area (Å²) in [7, 11) is 0. The molecule has 22 heavy (non-hydrogen) atoms. The van der Waals surface area contributed by atoms with Crippen molar-refractivity contribution in [3.8, 4) is 5.75 Å². The number of aryl methyl sites for hydroxylation is 2. The van der Waals surface area contributed by atoms with Crippen LogP contribution in [0.2, 0.25) is 0 Å². The van der Waals surface area contributed by atoms with Crippen molar-refractivity contribution in [1.82, 2.24) is 10.2 Å². The predicted octanol–water partition coefficient (Wildman–Crippen LogP) is 3.40. The Balaban J connectivity index is 1.92.